The highest BCUT2D eigenvalue weighted by molar-refractivity contribution is 6.33. The molecule has 0 aliphatic rings. The number of hydrogen-bond acceptors (Lipinski definition) is 3. The lowest BCUT2D eigenvalue weighted by molar-refractivity contribution is 1.13. The van der Waals surface area contributed by atoms with Crippen LogP contribution in [-0.2, 0) is 0 Å². The fourth-order valence-electron chi connectivity index (χ4n) is 1.64. The SMILES string of the molecule is CN(C)c1ccc(Nc2cccc(Cl)c2N)cc1. The zero-order valence-electron chi connectivity index (χ0n) is 10.4. The lowest BCUT2D eigenvalue weighted by Crippen LogP contribution is -2.08. The first-order valence-electron chi connectivity index (χ1n) is 5.66. The monoisotopic (exact) mass is 261 g/mol. The van der Waals surface area contributed by atoms with E-state index in [-0.39, 0.29) is 0 Å². The average Bonchev–Trinajstić information content (AvgIpc) is 2.36. The van der Waals surface area contributed by atoms with E-state index in [0.717, 1.165) is 17.1 Å². The second-order valence-electron chi connectivity index (χ2n) is 4.27. The van der Waals surface area contributed by atoms with Gasteiger partial charge < -0.3 is 16.0 Å². The molecule has 0 atom stereocenters. The number of nitrogen functional groups attached to an aromatic ring is 1. The molecule has 0 radical (unpaired) electrons. The molecular weight excluding hydrogens is 246 g/mol. The number of rotatable bonds is 3. The second-order valence-corrected chi connectivity index (χ2v) is 4.67. The van der Waals surface area contributed by atoms with Crippen molar-refractivity contribution in [1.29, 1.82) is 0 Å². The molecule has 94 valence electrons. The summed E-state index contributed by atoms with van der Waals surface area (Å²) in [5.41, 5.74) is 9.42. The van der Waals surface area contributed by atoms with E-state index in [1.165, 1.54) is 0 Å². The van der Waals surface area contributed by atoms with E-state index >= 15 is 0 Å². The van der Waals surface area contributed by atoms with Gasteiger partial charge in [0.15, 0.2) is 0 Å². The summed E-state index contributed by atoms with van der Waals surface area (Å²) in [4.78, 5) is 2.05. The molecule has 0 unspecified atom stereocenters. The smallest absolute Gasteiger partial charge is 0.0742 e. The average molecular weight is 262 g/mol. The first-order chi connectivity index (χ1) is 8.58. The Kier molecular flexibility index (Phi) is 3.63. The Morgan fingerprint density at radius 3 is 2.33 bits per heavy atom. The van der Waals surface area contributed by atoms with Crippen LogP contribution in [0.15, 0.2) is 42.5 Å². The largest absolute Gasteiger partial charge is 0.396 e. The van der Waals surface area contributed by atoms with Crippen LogP contribution in [0.5, 0.6) is 0 Å². The zero-order chi connectivity index (χ0) is 13.1. The minimum Gasteiger partial charge on any atom is -0.396 e. The summed E-state index contributed by atoms with van der Waals surface area (Å²) in [5, 5.41) is 3.81. The molecule has 0 heterocycles. The summed E-state index contributed by atoms with van der Waals surface area (Å²) in [6.07, 6.45) is 0. The van der Waals surface area contributed by atoms with Crippen LogP contribution in [0, 0.1) is 0 Å². The summed E-state index contributed by atoms with van der Waals surface area (Å²) in [6, 6.07) is 13.7. The number of para-hydroxylation sites is 1. The number of hydrogen-bond donors (Lipinski definition) is 2. The number of anilines is 4. The third-order valence-electron chi connectivity index (χ3n) is 2.72. The van der Waals surface area contributed by atoms with Crippen molar-refractivity contribution in [1.82, 2.24) is 0 Å². The van der Waals surface area contributed by atoms with Crippen LogP contribution in [0.4, 0.5) is 22.7 Å². The van der Waals surface area contributed by atoms with Crippen molar-refractivity contribution in [3.63, 3.8) is 0 Å². The van der Waals surface area contributed by atoms with Crippen LogP contribution in [0.2, 0.25) is 5.02 Å². The van der Waals surface area contributed by atoms with Crippen molar-refractivity contribution in [2.45, 2.75) is 0 Å². The first kappa shape index (κ1) is 12.6. The fraction of sp³-hybridized carbons (Fsp3) is 0.143. The van der Waals surface area contributed by atoms with Gasteiger partial charge in [0.25, 0.3) is 0 Å². The van der Waals surface area contributed by atoms with Crippen molar-refractivity contribution < 1.29 is 0 Å². The highest BCUT2D eigenvalue weighted by Gasteiger charge is 2.03. The van der Waals surface area contributed by atoms with E-state index < -0.39 is 0 Å². The maximum Gasteiger partial charge on any atom is 0.0742 e. The van der Waals surface area contributed by atoms with E-state index in [9.17, 15) is 0 Å². The maximum atomic E-state index is 5.98. The van der Waals surface area contributed by atoms with Gasteiger partial charge >= 0.3 is 0 Å². The summed E-state index contributed by atoms with van der Waals surface area (Å²) in [5.74, 6) is 0. The second kappa shape index (κ2) is 5.19. The molecule has 0 amide bonds. The van der Waals surface area contributed by atoms with Crippen molar-refractivity contribution in [3.05, 3.63) is 47.5 Å². The van der Waals surface area contributed by atoms with Crippen LogP contribution >= 0.6 is 11.6 Å². The Hall–Kier alpha value is -1.87. The summed E-state index contributed by atoms with van der Waals surface area (Å²) >= 11 is 5.98. The summed E-state index contributed by atoms with van der Waals surface area (Å²) in [6.45, 7) is 0. The lowest BCUT2D eigenvalue weighted by atomic mass is 10.2. The van der Waals surface area contributed by atoms with Gasteiger partial charge in [0.1, 0.15) is 0 Å². The Balaban J connectivity index is 2.21. The van der Waals surface area contributed by atoms with Gasteiger partial charge in [-0.2, -0.15) is 0 Å². The molecule has 18 heavy (non-hydrogen) atoms. The Morgan fingerprint density at radius 2 is 1.72 bits per heavy atom. The van der Waals surface area contributed by atoms with Crippen LogP contribution in [0.3, 0.4) is 0 Å². The molecule has 0 aromatic heterocycles. The normalized spacial score (nSPS) is 10.2. The predicted molar refractivity (Wildman–Crippen MR) is 79.9 cm³/mol. The minimum atomic E-state index is 0.560. The highest BCUT2D eigenvalue weighted by atomic mass is 35.5. The van der Waals surface area contributed by atoms with Crippen molar-refractivity contribution >= 4 is 34.4 Å². The van der Waals surface area contributed by atoms with Crippen LogP contribution in [0.1, 0.15) is 0 Å². The van der Waals surface area contributed by atoms with Gasteiger partial charge in [-0.1, -0.05) is 17.7 Å². The summed E-state index contributed by atoms with van der Waals surface area (Å²) in [7, 11) is 4.02. The number of nitrogens with zero attached hydrogens (tertiary/aromatic N) is 1. The van der Waals surface area contributed by atoms with Gasteiger partial charge in [0.05, 0.1) is 16.4 Å². The Morgan fingerprint density at radius 1 is 1.06 bits per heavy atom. The van der Waals surface area contributed by atoms with Gasteiger partial charge in [-0.15, -0.1) is 0 Å². The molecule has 0 aliphatic carbocycles. The molecule has 3 N–H and O–H groups in total. The van der Waals surface area contributed by atoms with E-state index in [1.807, 2.05) is 50.5 Å². The standard InChI is InChI=1S/C14H16ClN3/c1-18(2)11-8-6-10(7-9-11)17-13-5-3-4-12(15)14(13)16/h3-9,17H,16H2,1-2H3. The van der Waals surface area contributed by atoms with Crippen molar-refractivity contribution in [3.8, 4) is 0 Å². The zero-order valence-corrected chi connectivity index (χ0v) is 11.2. The molecular formula is C14H16ClN3. The quantitative estimate of drug-likeness (QED) is 0.827. The highest BCUT2D eigenvalue weighted by Crippen LogP contribution is 2.29. The molecule has 2 rings (SSSR count). The van der Waals surface area contributed by atoms with Gasteiger partial charge in [-0.05, 0) is 36.4 Å². The van der Waals surface area contributed by atoms with Crippen molar-refractivity contribution in [2.75, 3.05) is 30.0 Å². The van der Waals surface area contributed by atoms with Crippen LogP contribution < -0.4 is 16.0 Å². The molecule has 0 fully saturated rings. The molecule has 0 bridgehead atoms. The molecule has 0 saturated carbocycles. The van der Waals surface area contributed by atoms with Gasteiger partial charge in [0, 0.05) is 25.5 Å². The number of nitrogens with two attached hydrogens (primary N) is 1. The minimum absolute atomic E-state index is 0.560. The topological polar surface area (TPSA) is 41.3 Å². The lowest BCUT2D eigenvalue weighted by Gasteiger charge is -2.14. The van der Waals surface area contributed by atoms with Crippen LogP contribution in [-0.4, -0.2) is 14.1 Å². The van der Waals surface area contributed by atoms with Gasteiger partial charge in [-0.25, -0.2) is 0 Å². The number of halogens is 1. The van der Waals surface area contributed by atoms with E-state index in [0.29, 0.717) is 10.7 Å². The third kappa shape index (κ3) is 2.68. The van der Waals surface area contributed by atoms with E-state index in [4.69, 9.17) is 17.3 Å². The summed E-state index contributed by atoms with van der Waals surface area (Å²) < 4.78 is 0. The van der Waals surface area contributed by atoms with E-state index in [2.05, 4.69) is 10.2 Å². The number of benzene rings is 2. The molecule has 3 nitrogen and oxygen atoms in total. The third-order valence-corrected chi connectivity index (χ3v) is 3.05. The Bertz CT molecular complexity index is 535. The number of nitrogens with one attached hydrogen (secondary N) is 1. The fourth-order valence-corrected chi connectivity index (χ4v) is 1.82. The van der Waals surface area contributed by atoms with Crippen molar-refractivity contribution in [2.24, 2.45) is 0 Å². The van der Waals surface area contributed by atoms with E-state index in [1.54, 1.807) is 6.07 Å². The molecule has 0 spiro atoms. The van der Waals surface area contributed by atoms with Gasteiger partial charge in [-0.3, -0.25) is 0 Å². The first-order valence-corrected chi connectivity index (χ1v) is 6.04. The maximum absolute atomic E-state index is 5.98. The molecule has 2 aromatic carbocycles. The molecule has 4 heteroatoms. The Labute approximate surface area is 112 Å². The molecule has 0 aliphatic heterocycles. The van der Waals surface area contributed by atoms with Gasteiger partial charge in [0.2, 0.25) is 0 Å². The molecule has 0 saturated heterocycles. The molecule has 2 aromatic rings. The van der Waals surface area contributed by atoms with Crippen LogP contribution in [0.25, 0.3) is 0 Å². The predicted octanol–water partition coefficient (Wildman–Crippen LogP) is 3.73.